The SMILES string of the molecule is CCOC(=O)c1ncc2c(Cl)ccc(Br)n12. The predicted octanol–water partition coefficient (Wildman–Crippen LogP) is 2.93. The molecule has 0 fully saturated rings. The number of carbonyl (C=O) groups excluding carboxylic acids is 1. The Hall–Kier alpha value is -1.07. The molecule has 2 heterocycles. The van der Waals surface area contributed by atoms with Crippen molar-refractivity contribution >= 4 is 39.0 Å². The number of fused-ring (bicyclic) bond motifs is 1. The number of nitrogens with zero attached hydrogens (tertiary/aromatic N) is 2. The molecule has 0 radical (unpaired) electrons. The lowest BCUT2D eigenvalue weighted by atomic mass is 10.4. The molecular formula is C10H8BrClN2O2. The van der Waals surface area contributed by atoms with Gasteiger partial charge in [-0.25, -0.2) is 9.78 Å². The molecule has 0 aromatic carbocycles. The van der Waals surface area contributed by atoms with Crippen molar-refractivity contribution in [3.05, 3.63) is 33.8 Å². The van der Waals surface area contributed by atoms with Gasteiger partial charge in [0.2, 0.25) is 5.82 Å². The minimum atomic E-state index is -0.467. The van der Waals surface area contributed by atoms with Gasteiger partial charge < -0.3 is 4.74 Å². The molecule has 0 atom stereocenters. The third kappa shape index (κ3) is 1.81. The number of hydrogen-bond acceptors (Lipinski definition) is 3. The summed E-state index contributed by atoms with van der Waals surface area (Å²) in [5, 5.41) is 0.534. The van der Waals surface area contributed by atoms with E-state index in [1.54, 1.807) is 29.7 Å². The molecule has 0 unspecified atom stereocenters. The number of halogens is 2. The van der Waals surface area contributed by atoms with Crippen LogP contribution in [0.15, 0.2) is 22.9 Å². The molecular weight excluding hydrogens is 295 g/mol. The smallest absolute Gasteiger partial charge is 0.374 e. The highest BCUT2D eigenvalue weighted by atomic mass is 79.9. The first-order valence-corrected chi connectivity index (χ1v) is 5.80. The Kier molecular flexibility index (Phi) is 3.16. The van der Waals surface area contributed by atoms with Crippen molar-refractivity contribution in [3.63, 3.8) is 0 Å². The summed E-state index contributed by atoms with van der Waals surface area (Å²) in [6, 6.07) is 3.48. The lowest BCUT2D eigenvalue weighted by Gasteiger charge is -2.04. The molecule has 0 aliphatic carbocycles. The van der Waals surface area contributed by atoms with Crippen molar-refractivity contribution in [2.75, 3.05) is 6.61 Å². The standard InChI is InChI=1S/C10H8BrClN2O2/c1-2-16-10(15)9-13-5-7-6(12)3-4-8(11)14(7)9/h3-5H,2H2,1H3. The van der Waals surface area contributed by atoms with Gasteiger partial charge in [0, 0.05) is 0 Å². The number of imidazole rings is 1. The average molecular weight is 304 g/mol. The van der Waals surface area contributed by atoms with Gasteiger partial charge in [0.15, 0.2) is 0 Å². The first-order chi connectivity index (χ1) is 7.65. The largest absolute Gasteiger partial charge is 0.460 e. The van der Waals surface area contributed by atoms with Crippen molar-refractivity contribution in [2.24, 2.45) is 0 Å². The van der Waals surface area contributed by atoms with Crippen molar-refractivity contribution in [3.8, 4) is 0 Å². The quantitative estimate of drug-likeness (QED) is 0.633. The Balaban J connectivity index is 2.64. The Morgan fingerprint density at radius 1 is 1.62 bits per heavy atom. The van der Waals surface area contributed by atoms with Crippen LogP contribution in [-0.2, 0) is 4.74 Å². The van der Waals surface area contributed by atoms with Gasteiger partial charge in [-0.2, -0.15) is 0 Å². The summed E-state index contributed by atoms with van der Waals surface area (Å²) in [5.74, 6) is -0.253. The van der Waals surface area contributed by atoms with Gasteiger partial charge in [-0.15, -0.1) is 0 Å². The second-order valence-corrected chi connectivity index (χ2v) is 4.25. The van der Waals surface area contributed by atoms with E-state index in [1.165, 1.54) is 0 Å². The third-order valence-corrected chi connectivity index (χ3v) is 2.98. The Bertz CT molecular complexity index is 553. The molecule has 0 saturated heterocycles. The van der Waals surface area contributed by atoms with E-state index in [0.29, 0.717) is 21.7 Å². The molecule has 0 bridgehead atoms. The zero-order valence-electron chi connectivity index (χ0n) is 8.41. The average Bonchev–Trinajstić information content (AvgIpc) is 2.69. The number of carbonyl (C=O) groups is 1. The zero-order valence-corrected chi connectivity index (χ0v) is 10.7. The van der Waals surface area contributed by atoms with Crippen LogP contribution in [0.5, 0.6) is 0 Å². The number of esters is 1. The van der Waals surface area contributed by atoms with E-state index in [9.17, 15) is 4.79 Å². The summed E-state index contributed by atoms with van der Waals surface area (Å²) in [4.78, 5) is 15.6. The van der Waals surface area contributed by atoms with Crippen LogP contribution < -0.4 is 0 Å². The number of ether oxygens (including phenoxy) is 1. The van der Waals surface area contributed by atoms with E-state index in [0.717, 1.165) is 0 Å². The van der Waals surface area contributed by atoms with Gasteiger partial charge in [-0.3, -0.25) is 4.40 Å². The number of hydrogen-bond donors (Lipinski definition) is 0. The molecule has 2 rings (SSSR count). The summed E-state index contributed by atoms with van der Waals surface area (Å²) in [7, 11) is 0. The summed E-state index contributed by atoms with van der Waals surface area (Å²) < 4.78 is 7.22. The van der Waals surface area contributed by atoms with Gasteiger partial charge in [0.1, 0.15) is 0 Å². The summed E-state index contributed by atoms with van der Waals surface area (Å²) in [6.07, 6.45) is 1.54. The van der Waals surface area contributed by atoms with E-state index >= 15 is 0 Å². The zero-order chi connectivity index (χ0) is 11.7. The fraction of sp³-hybridized carbons (Fsp3) is 0.200. The number of rotatable bonds is 2. The van der Waals surface area contributed by atoms with Crippen LogP contribution in [0.2, 0.25) is 5.02 Å². The lowest BCUT2D eigenvalue weighted by molar-refractivity contribution is 0.0511. The fourth-order valence-corrected chi connectivity index (χ4v) is 2.07. The van der Waals surface area contributed by atoms with Crippen LogP contribution in [0.3, 0.4) is 0 Å². The molecule has 2 aromatic heterocycles. The first-order valence-electron chi connectivity index (χ1n) is 4.63. The van der Waals surface area contributed by atoms with Crippen LogP contribution in [0.1, 0.15) is 17.5 Å². The molecule has 2 aromatic rings. The van der Waals surface area contributed by atoms with E-state index in [-0.39, 0.29) is 5.82 Å². The van der Waals surface area contributed by atoms with Crippen LogP contribution in [0, 0.1) is 0 Å². The Morgan fingerprint density at radius 3 is 3.06 bits per heavy atom. The molecule has 0 saturated carbocycles. The van der Waals surface area contributed by atoms with Gasteiger partial charge >= 0.3 is 5.97 Å². The lowest BCUT2D eigenvalue weighted by Crippen LogP contribution is -2.10. The molecule has 0 aliphatic rings. The molecule has 0 amide bonds. The van der Waals surface area contributed by atoms with Gasteiger partial charge in [-0.1, -0.05) is 11.6 Å². The Morgan fingerprint density at radius 2 is 2.38 bits per heavy atom. The van der Waals surface area contributed by atoms with Crippen molar-refractivity contribution < 1.29 is 9.53 Å². The summed E-state index contributed by atoms with van der Waals surface area (Å²) >= 11 is 9.33. The topological polar surface area (TPSA) is 43.6 Å². The molecule has 0 aliphatic heterocycles. The van der Waals surface area contributed by atoms with Crippen molar-refractivity contribution in [2.45, 2.75) is 6.92 Å². The van der Waals surface area contributed by atoms with Gasteiger partial charge in [0.25, 0.3) is 0 Å². The maximum Gasteiger partial charge on any atom is 0.374 e. The van der Waals surface area contributed by atoms with E-state index in [2.05, 4.69) is 20.9 Å². The van der Waals surface area contributed by atoms with Gasteiger partial charge in [-0.05, 0) is 35.0 Å². The summed E-state index contributed by atoms with van der Waals surface area (Å²) in [6.45, 7) is 2.06. The minimum Gasteiger partial charge on any atom is -0.460 e. The predicted molar refractivity (Wildman–Crippen MR) is 63.9 cm³/mol. The van der Waals surface area contributed by atoms with E-state index < -0.39 is 5.97 Å². The monoisotopic (exact) mass is 302 g/mol. The van der Waals surface area contributed by atoms with E-state index in [1.807, 2.05) is 0 Å². The fourth-order valence-electron chi connectivity index (χ4n) is 1.38. The van der Waals surface area contributed by atoms with Crippen LogP contribution in [0.4, 0.5) is 0 Å². The van der Waals surface area contributed by atoms with Crippen LogP contribution >= 0.6 is 27.5 Å². The summed E-state index contributed by atoms with van der Waals surface area (Å²) in [5.41, 5.74) is 0.666. The molecule has 6 heteroatoms. The Labute approximate surface area is 105 Å². The molecule has 0 spiro atoms. The molecule has 84 valence electrons. The van der Waals surface area contributed by atoms with Crippen LogP contribution in [0.25, 0.3) is 5.52 Å². The third-order valence-electron chi connectivity index (χ3n) is 2.05. The maximum atomic E-state index is 11.6. The molecule has 0 N–H and O–H groups in total. The van der Waals surface area contributed by atoms with E-state index in [4.69, 9.17) is 16.3 Å². The van der Waals surface area contributed by atoms with Gasteiger partial charge in [0.05, 0.1) is 27.9 Å². The second kappa shape index (κ2) is 4.43. The highest BCUT2D eigenvalue weighted by Gasteiger charge is 2.16. The second-order valence-electron chi connectivity index (χ2n) is 3.03. The van der Waals surface area contributed by atoms with Crippen molar-refractivity contribution in [1.29, 1.82) is 0 Å². The highest BCUT2D eigenvalue weighted by molar-refractivity contribution is 9.10. The molecule has 16 heavy (non-hydrogen) atoms. The number of aromatic nitrogens is 2. The molecule has 4 nitrogen and oxygen atoms in total. The minimum absolute atomic E-state index is 0.214. The maximum absolute atomic E-state index is 11.6. The highest BCUT2D eigenvalue weighted by Crippen LogP contribution is 2.23. The normalized spacial score (nSPS) is 10.7. The number of pyridine rings is 1. The van der Waals surface area contributed by atoms with Crippen molar-refractivity contribution in [1.82, 2.24) is 9.38 Å². The first kappa shape index (κ1) is 11.4. The van der Waals surface area contributed by atoms with Crippen LogP contribution in [-0.4, -0.2) is 22.0 Å².